The fourth-order valence-electron chi connectivity index (χ4n) is 5.16. The number of pyridine rings is 1. The second-order valence-corrected chi connectivity index (χ2v) is 10.9. The van der Waals surface area contributed by atoms with Gasteiger partial charge in [-0.05, 0) is 97.1 Å². The van der Waals surface area contributed by atoms with E-state index >= 15 is 0 Å². The summed E-state index contributed by atoms with van der Waals surface area (Å²) in [4.78, 5) is 11.8. The first-order valence-corrected chi connectivity index (χ1v) is 14.4. The summed E-state index contributed by atoms with van der Waals surface area (Å²) in [6.07, 6.45) is 3.88. The van der Waals surface area contributed by atoms with Crippen LogP contribution in [0, 0.1) is 0 Å². The van der Waals surface area contributed by atoms with E-state index in [0.717, 1.165) is 49.7 Å². The zero-order valence-electron chi connectivity index (χ0n) is 22.0. The van der Waals surface area contributed by atoms with Gasteiger partial charge < -0.3 is 19.7 Å². The monoisotopic (exact) mass is 575 g/mol. The van der Waals surface area contributed by atoms with Crippen molar-refractivity contribution in [1.82, 2.24) is 19.9 Å². The Labute approximate surface area is 246 Å². The number of methoxy groups -OCH3 is 1. The van der Waals surface area contributed by atoms with E-state index in [-0.39, 0.29) is 12.1 Å². The van der Waals surface area contributed by atoms with Gasteiger partial charge in [-0.15, -0.1) is 0 Å². The predicted molar refractivity (Wildman–Crippen MR) is 166 cm³/mol. The predicted octanol–water partition coefficient (Wildman–Crippen LogP) is 7.46. The Morgan fingerprint density at radius 1 is 0.829 bits per heavy atom. The van der Waals surface area contributed by atoms with E-state index in [0.29, 0.717) is 5.11 Å². The number of nitrogens with one attached hydrogen (secondary N) is 1. The molecule has 1 aliphatic rings. The first-order valence-electron chi connectivity index (χ1n) is 13.1. The number of fused-ring (bicyclic) bond motifs is 1. The molecule has 7 rings (SSSR count). The molecule has 0 spiro atoms. The molecule has 3 aromatic carbocycles. The van der Waals surface area contributed by atoms with Gasteiger partial charge in [-0.25, -0.2) is 4.98 Å². The molecule has 9 heteroatoms. The number of hydrogen-bond donors (Lipinski definition) is 1. The van der Waals surface area contributed by atoms with E-state index in [1.165, 1.54) is 0 Å². The van der Waals surface area contributed by atoms with Crippen LogP contribution in [0.25, 0.3) is 15.3 Å². The van der Waals surface area contributed by atoms with Crippen LogP contribution in [-0.2, 0) is 0 Å². The van der Waals surface area contributed by atoms with Crippen LogP contribution in [0.15, 0.2) is 116 Å². The van der Waals surface area contributed by atoms with E-state index in [4.69, 9.17) is 31.7 Å². The molecule has 1 N–H and O–H groups in total. The van der Waals surface area contributed by atoms with Crippen molar-refractivity contribution in [2.24, 2.45) is 0 Å². The second kappa shape index (κ2) is 10.7. The maximum absolute atomic E-state index is 6.07. The summed E-state index contributed by atoms with van der Waals surface area (Å²) < 4.78 is 14.6. The van der Waals surface area contributed by atoms with E-state index in [2.05, 4.69) is 39.2 Å². The molecule has 4 heterocycles. The first kappa shape index (κ1) is 25.3. The van der Waals surface area contributed by atoms with Crippen molar-refractivity contribution in [1.29, 1.82) is 0 Å². The lowest BCUT2D eigenvalue weighted by Crippen LogP contribution is -2.30. The van der Waals surface area contributed by atoms with Gasteiger partial charge in [-0.2, -0.15) is 0 Å². The van der Waals surface area contributed by atoms with Crippen molar-refractivity contribution in [3.63, 3.8) is 0 Å². The summed E-state index contributed by atoms with van der Waals surface area (Å²) in [5.41, 5.74) is 3.91. The molecular weight excluding hydrogens is 551 g/mol. The van der Waals surface area contributed by atoms with Gasteiger partial charge in [0.25, 0.3) is 0 Å². The number of anilines is 1. The lowest BCUT2D eigenvalue weighted by atomic mass is 10.0. The quantitative estimate of drug-likeness (QED) is 0.198. The molecule has 41 heavy (non-hydrogen) atoms. The zero-order valence-corrected chi connectivity index (χ0v) is 23.7. The maximum Gasteiger partial charge on any atom is 0.194 e. The fraction of sp³-hybridized carbons (Fsp3) is 0.0938. The molecule has 0 amide bonds. The second-order valence-electron chi connectivity index (χ2n) is 9.54. The smallest absolute Gasteiger partial charge is 0.194 e. The zero-order chi connectivity index (χ0) is 27.8. The van der Waals surface area contributed by atoms with Crippen LogP contribution in [0.3, 0.4) is 0 Å². The molecule has 0 unspecified atom stereocenters. The Bertz CT molecular complexity index is 1780. The lowest BCUT2D eigenvalue weighted by Gasteiger charge is -2.28. The molecule has 0 radical (unpaired) electrons. The third kappa shape index (κ3) is 4.79. The summed E-state index contributed by atoms with van der Waals surface area (Å²) in [5, 5.41) is 5.09. The van der Waals surface area contributed by atoms with Crippen molar-refractivity contribution in [3.8, 4) is 22.4 Å². The van der Waals surface area contributed by atoms with E-state index < -0.39 is 0 Å². The minimum Gasteiger partial charge on any atom is -0.497 e. The van der Waals surface area contributed by atoms with Gasteiger partial charge in [0.2, 0.25) is 0 Å². The molecule has 0 saturated carbocycles. The average molecular weight is 576 g/mol. The molecule has 2 atom stereocenters. The van der Waals surface area contributed by atoms with Crippen molar-refractivity contribution in [3.05, 3.63) is 127 Å². The highest BCUT2D eigenvalue weighted by molar-refractivity contribution is 7.80. The van der Waals surface area contributed by atoms with E-state index in [9.17, 15) is 0 Å². The molecule has 6 aromatic rings. The number of ether oxygens (including phenoxy) is 2. The summed E-state index contributed by atoms with van der Waals surface area (Å²) in [7, 11) is 1.65. The fourth-order valence-corrected chi connectivity index (χ4v) is 6.48. The molecular formula is C32H25N5O2S2. The third-order valence-electron chi connectivity index (χ3n) is 7.08. The number of aromatic nitrogens is 3. The van der Waals surface area contributed by atoms with Crippen molar-refractivity contribution in [2.45, 2.75) is 12.1 Å². The van der Waals surface area contributed by atoms with Crippen molar-refractivity contribution >= 4 is 44.6 Å². The van der Waals surface area contributed by atoms with Gasteiger partial charge in [-0.1, -0.05) is 29.5 Å². The number of rotatable bonds is 7. The molecule has 3 aromatic heterocycles. The molecule has 1 fully saturated rings. The van der Waals surface area contributed by atoms with E-state index in [1.807, 2.05) is 91.1 Å². The van der Waals surface area contributed by atoms with Crippen LogP contribution in [-0.4, -0.2) is 26.8 Å². The van der Waals surface area contributed by atoms with Gasteiger partial charge in [0.05, 0.1) is 34.8 Å². The Balaban J connectivity index is 1.26. The number of thiazole rings is 1. The van der Waals surface area contributed by atoms with Crippen molar-refractivity contribution < 1.29 is 9.47 Å². The largest absolute Gasteiger partial charge is 0.497 e. The highest BCUT2D eigenvalue weighted by atomic mass is 32.1. The number of nitrogens with zero attached hydrogens (tertiary/aromatic N) is 4. The van der Waals surface area contributed by atoms with Crippen LogP contribution in [0.2, 0.25) is 0 Å². The molecule has 1 saturated heterocycles. The van der Waals surface area contributed by atoms with Crippen LogP contribution >= 0.6 is 23.6 Å². The van der Waals surface area contributed by atoms with Gasteiger partial charge in [0.15, 0.2) is 10.2 Å². The number of benzene rings is 3. The minimum atomic E-state index is -0.173. The molecule has 0 bridgehead atoms. The number of thiocarbonyl (C=S) groups is 1. The van der Waals surface area contributed by atoms with Crippen LogP contribution in [0.4, 0.5) is 5.69 Å². The highest BCUT2D eigenvalue weighted by Gasteiger charge is 2.42. The summed E-state index contributed by atoms with van der Waals surface area (Å²) >= 11 is 7.61. The molecule has 1 aliphatic heterocycles. The lowest BCUT2D eigenvalue weighted by molar-refractivity contribution is 0.413. The Morgan fingerprint density at radius 2 is 1.56 bits per heavy atom. The average Bonchev–Trinajstić information content (AvgIpc) is 3.75. The van der Waals surface area contributed by atoms with E-state index in [1.54, 1.807) is 18.4 Å². The summed E-state index contributed by atoms with van der Waals surface area (Å²) in [6, 6.07) is 33.5. The first-order chi connectivity index (χ1) is 20.2. The molecule has 7 nitrogen and oxygen atoms in total. The highest BCUT2D eigenvalue weighted by Crippen LogP contribution is 2.43. The topological polar surface area (TPSA) is 64.4 Å². The van der Waals surface area contributed by atoms with Crippen LogP contribution in [0.5, 0.6) is 17.2 Å². The van der Waals surface area contributed by atoms with Gasteiger partial charge in [0.1, 0.15) is 23.3 Å². The number of hydrogen-bond acceptors (Lipinski definition) is 6. The van der Waals surface area contributed by atoms with Crippen molar-refractivity contribution in [2.75, 3.05) is 12.0 Å². The Kier molecular flexibility index (Phi) is 6.58. The SMILES string of the molecule is COc1ccc(Oc2ccc(N3C(=S)N[C@@H](c4ccccn4)[C@H]3c3cccn3-c3nc4ccccc4s3)cc2)cc1. The minimum absolute atomic E-state index is 0.165. The van der Waals surface area contributed by atoms with Crippen LogP contribution in [0.1, 0.15) is 23.5 Å². The maximum atomic E-state index is 6.07. The standard InChI is InChI=1S/C32H25N5O2S2/c1-38-22-15-17-24(18-16-22)39-23-13-11-21(12-14-23)37-30(29(35-31(37)40)26-8-4-5-19-33-26)27-9-6-20-36(27)32-34-25-7-2-3-10-28(25)41-32/h2-20,29-30H,1H3,(H,35,40)/t29-,30+/m0/s1. The third-order valence-corrected chi connectivity index (χ3v) is 8.43. The van der Waals surface area contributed by atoms with Gasteiger partial charge in [0, 0.05) is 18.1 Å². The van der Waals surface area contributed by atoms with Gasteiger partial charge >= 0.3 is 0 Å². The Hall–Kier alpha value is -4.73. The molecule has 0 aliphatic carbocycles. The normalized spacial score (nSPS) is 16.6. The number of para-hydroxylation sites is 1. The summed E-state index contributed by atoms with van der Waals surface area (Å²) in [5.74, 6) is 2.25. The van der Waals surface area contributed by atoms with Gasteiger partial charge in [-0.3, -0.25) is 9.55 Å². The molecule has 202 valence electrons. The Morgan fingerprint density at radius 3 is 2.29 bits per heavy atom. The summed E-state index contributed by atoms with van der Waals surface area (Å²) in [6.45, 7) is 0. The van der Waals surface area contributed by atoms with Crippen LogP contribution < -0.4 is 19.7 Å².